The molecule has 0 N–H and O–H groups in total. The molecule has 88 valence electrons. The van der Waals surface area contributed by atoms with Gasteiger partial charge in [-0.1, -0.05) is 19.1 Å². The molecule has 1 rings (SSSR count). The molecule has 3 heteroatoms. The third-order valence-corrected chi connectivity index (χ3v) is 2.32. The molecule has 0 saturated heterocycles. The van der Waals surface area contributed by atoms with Crippen molar-refractivity contribution in [2.24, 2.45) is 0 Å². The van der Waals surface area contributed by atoms with Crippen LogP contribution in [0.4, 0.5) is 4.39 Å². The molecule has 0 aliphatic heterocycles. The van der Waals surface area contributed by atoms with Crippen molar-refractivity contribution < 1.29 is 13.9 Å². The number of ketones is 1. The Hall–Kier alpha value is -1.22. The van der Waals surface area contributed by atoms with Crippen LogP contribution in [-0.2, 0) is 4.74 Å². The van der Waals surface area contributed by atoms with Crippen LogP contribution in [0.3, 0.4) is 0 Å². The van der Waals surface area contributed by atoms with E-state index in [2.05, 4.69) is 0 Å². The van der Waals surface area contributed by atoms with E-state index in [0.29, 0.717) is 30.8 Å². The fourth-order valence-corrected chi connectivity index (χ4v) is 1.32. The van der Waals surface area contributed by atoms with E-state index in [1.165, 1.54) is 6.07 Å². The first kappa shape index (κ1) is 12.8. The third-order valence-electron chi connectivity index (χ3n) is 2.32. The van der Waals surface area contributed by atoms with Gasteiger partial charge in [0.25, 0.3) is 0 Å². The number of carbonyl (C=O) groups excluding carboxylic acids is 1. The second kappa shape index (κ2) is 6.38. The molecule has 0 aliphatic rings. The zero-order valence-corrected chi connectivity index (χ0v) is 9.75. The first-order valence-electron chi connectivity index (χ1n) is 5.52. The molecule has 0 unspecified atom stereocenters. The lowest BCUT2D eigenvalue weighted by atomic mass is 10.1. The van der Waals surface area contributed by atoms with Gasteiger partial charge in [0.15, 0.2) is 5.78 Å². The Labute approximate surface area is 95.4 Å². The van der Waals surface area contributed by atoms with Gasteiger partial charge in [-0.25, -0.2) is 4.39 Å². The molecule has 0 bridgehead atoms. The van der Waals surface area contributed by atoms with E-state index in [0.717, 1.165) is 6.42 Å². The normalized spacial score (nSPS) is 10.4. The maximum Gasteiger partial charge on any atom is 0.165 e. The highest BCUT2D eigenvalue weighted by Crippen LogP contribution is 2.11. The maximum atomic E-state index is 13.2. The summed E-state index contributed by atoms with van der Waals surface area (Å²) < 4.78 is 18.4. The first-order valence-corrected chi connectivity index (χ1v) is 5.52. The molecule has 16 heavy (non-hydrogen) atoms. The second-order valence-electron chi connectivity index (χ2n) is 3.75. The lowest BCUT2D eigenvalue weighted by Gasteiger charge is -2.03. The minimum Gasteiger partial charge on any atom is -0.381 e. The molecule has 0 fully saturated rings. The summed E-state index contributed by atoms with van der Waals surface area (Å²) in [5.74, 6) is -0.407. The van der Waals surface area contributed by atoms with Crippen LogP contribution in [0.25, 0.3) is 0 Å². The molecule has 0 saturated carbocycles. The Kier molecular flexibility index (Phi) is 5.12. The van der Waals surface area contributed by atoms with Crippen LogP contribution in [0, 0.1) is 12.7 Å². The summed E-state index contributed by atoms with van der Waals surface area (Å²) in [6.45, 7) is 4.75. The summed E-state index contributed by atoms with van der Waals surface area (Å²) in [7, 11) is 0. The maximum absolute atomic E-state index is 13.2. The summed E-state index contributed by atoms with van der Waals surface area (Å²) in [5, 5.41) is 0. The summed E-state index contributed by atoms with van der Waals surface area (Å²) >= 11 is 0. The molecule has 1 aromatic carbocycles. The van der Waals surface area contributed by atoms with Crippen LogP contribution in [0.2, 0.25) is 0 Å². The monoisotopic (exact) mass is 224 g/mol. The van der Waals surface area contributed by atoms with Crippen molar-refractivity contribution in [3.63, 3.8) is 0 Å². The van der Waals surface area contributed by atoms with Gasteiger partial charge >= 0.3 is 0 Å². The van der Waals surface area contributed by atoms with Crippen LogP contribution in [0.5, 0.6) is 0 Å². The molecule has 1 aromatic rings. The highest BCUT2D eigenvalue weighted by Gasteiger charge is 2.07. The Morgan fingerprint density at radius 2 is 2.12 bits per heavy atom. The zero-order chi connectivity index (χ0) is 12.0. The van der Waals surface area contributed by atoms with Crippen LogP contribution in [-0.4, -0.2) is 19.0 Å². The lowest BCUT2D eigenvalue weighted by Crippen LogP contribution is -2.06. The number of hydrogen-bond donors (Lipinski definition) is 0. The van der Waals surface area contributed by atoms with Crippen molar-refractivity contribution in [3.05, 3.63) is 35.1 Å². The van der Waals surface area contributed by atoms with Gasteiger partial charge in [-0.2, -0.15) is 0 Å². The topological polar surface area (TPSA) is 26.3 Å². The summed E-state index contributed by atoms with van der Waals surface area (Å²) in [6, 6.07) is 4.56. The Bertz CT molecular complexity index is 361. The lowest BCUT2D eigenvalue weighted by molar-refractivity contribution is 0.0878. The number of ether oxygens (including phenoxy) is 1. The molecule has 0 aliphatic carbocycles. The standard InChI is InChI=1S/C13H17FO2/c1-3-7-16-8-6-13(15)11-5-4-10(2)12(14)9-11/h4-5,9H,3,6-8H2,1-2H3. The number of aryl methyl sites for hydroxylation is 1. The smallest absolute Gasteiger partial charge is 0.165 e. The number of hydrogen-bond acceptors (Lipinski definition) is 2. The molecule has 0 radical (unpaired) electrons. The van der Waals surface area contributed by atoms with Crippen LogP contribution < -0.4 is 0 Å². The molecule has 0 heterocycles. The minimum atomic E-state index is -0.333. The van der Waals surface area contributed by atoms with Crippen molar-refractivity contribution in [2.45, 2.75) is 26.7 Å². The fourth-order valence-electron chi connectivity index (χ4n) is 1.32. The van der Waals surface area contributed by atoms with Crippen molar-refractivity contribution >= 4 is 5.78 Å². The molecule has 0 atom stereocenters. The minimum absolute atomic E-state index is 0.0741. The first-order chi connectivity index (χ1) is 7.65. The van der Waals surface area contributed by atoms with E-state index in [9.17, 15) is 9.18 Å². The Morgan fingerprint density at radius 3 is 2.75 bits per heavy atom. The summed E-state index contributed by atoms with van der Waals surface area (Å²) in [5.41, 5.74) is 0.974. The predicted octanol–water partition coefficient (Wildman–Crippen LogP) is 3.13. The summed E-state index contributed by atoms with van der Waals surface area (Å²) in [6.07, 6.45) is 1.25. The van der Waals surface area contributed by atoms with Gasteiger partial charge in [-0.3, -0.25) is 4.79 Å². The average Bonchev–Trinajstić information content (AvgIpc) is 2.28. The van der Waals surface area contributed by atoms with E-state index < -0.39 is 0 Å². The Morgan fingerprint density at radius 1 is 1.38 bits per heavy atom. The number of benzene rings is 1. The highest BCUT2D eigenvalue weighted by molar-refractivity contribution is 5.96. The third kappa shape index (κ3) is 3.74. The fraction of sp³-hybridized carbons (Fsp3) is 0.462. The van der Waals surface area contributed by atoms with Gasteiger partial charge in [0.1, 0.15) is 5.82 Å². The molecule has 2 nitrogen and oxygen atoms in total. The van der Waals surface area contributed by atoms with E-state index in [4.69, 9.17) is 4.74 Å². The van der Waals surface area contributed by atoms with Crippen molar-refractivity contribution in [1.29, 1.82) is 0 Å². The predicted molar refractivity (Wildman–Crippen MR) is 61.2 cm³/mol. The van der Waals surface area contributed by atoms with Gasteiger partial charge < -0.3 is 4.74 Å². The number of Topliss-reactive ketones (excluding diaryl/α,β-unsaturated/α-hetero) is 1. The van der Waals surface area contributed by atoms with Crippen molar-refractivity contribution in [2.75, 3.05) is 13.2 Å². The van der Waals surface area contributed by atoms with Crippen LogP contribution >= 0.6 is 0 Å². The quantitative estimate of drug-likeness (QED) is 0.548. The SMILES string of the molecule is CCCOCCC(=O)c1ccc(C)c(F)c1. The molecule has 0 amide bonds. The van der Waals surface area contributed by atoms with E-state index >= 15 is 0 Å². The van der Waals surface area contributed by atoms with E-state index in [1.807, 2.05) is 6.92 Å². The molecule has 0 aromatic heterocycles. The Balaban J connectivity index is 2.50. The number of rotatable bonds is 6. The van der Waals surface area contributed by atoms with Gasteiger partial charge in [0.05, 0.1) is 6.61 Å². The van der Waals surface area contributed by atoms with Gasteiger partial charge in [-0.05, 0) is 25.0 Å². The van der Waals surface area contributed by atoms with Gasteiger partial charge in [0.2, 0.25) is 0 Å². The van der Waals surface area contributed by atoms with Gasteiger partial charge in [0, 0.05) is 18.6 Å². The van der Waals surface area contributed by atoms with E-state index in [1.54, 1.807) is 19.1 Å². The van der Waals surface area contributed by atoms with Crippen LogP contribution in [0.15, 0.2) is 18.2 Å². The average molecular weight is 224 g/mol. The number of halogens is 1. The van der Waals surface area contributed by atoms with Gasteiger partial charge in [-0.15, -0.1) is 0 Å². The summed E-state index contributed by atoms with van der Waals surface area (Å²) in [4.78, 5) is 11.6. The zero-order valence-electron chi connectivity index (χ0n) is 9.75. The molecular weight excluding hydrogens is 207 g/mol. The van der Waals surface area contributed by atoms with Crippen molar-refractivity contribution in [3.8, 4) is 0 Å². The van der Waals surface area contributed by atoms with E-state index in [-0.39, 0.29) is 11.6 Å². The van der Waals surface area contributed by atoms with Crippen molar-refractivity contribution in [1.82, 2.24) is 0 Å². The largest absolute Gasteiger partial charge is 0.381 e. The van der Waals surface area contributed by atoms with Crippen LogP contribution in [0.1, 0.15) is 35.7 Å². The highest BCUT2D eigenvalue weighted by atomic mass is 19.1. The molecule has 0 spiro atoms. The molecular formula is C13H17FO2. The second-order valence-corrected chi connectivity index (χ2v) is 3.75. The number of carbonyl (C=O) groups is 1.